The molecule has 1 rings (SSSR count). The molecule has 0 saturated heterocycles. The van der Waals surface area contributed by atoms with Crippen molar-refractivity contribution in [2.24, 2.45) is 16.3 Å². The van der Waals surface area contributed by atoms with Crippen molar-refractivity contribution in [2.75, 3.05) is 11.9 Å². The van der Waals surface area contributed by atoms with Crippen LogP contribution in [0.4, 0.5) is 5.69 Å². The van der Waals surface area contributed by atoms with Gasteiger partial charge in [0, 0.05) is 22.1 Å². The van der Waals surface area contributed by atoms with Gasteiger partial charge in [-0.25, -0.2) is 0 Å². The predicted octanol–water partition coefficient (Wildman–Crippen LogP) is 3.33. The Morgan fingerprint density at radius 1 is 1.44 bits per heavy atom. The number of amidine groups is 1. The highest BCUT2D eigenvalue weighted by Gasteiger charge is 2.22. The summed E-state index contributed by atoms with van der Waals surface area (Å²) in [7, 11) is 0. The Hall–Kier alpha value is -1.23. The van der Waals surface area contributed by atoms with Crippen LogP contribution < -0.4 is 11.1 Å². The summed E-state index contributed by atoms with van der Waals surface area (Å²) in [5.74, 6) is 0.259. The Kier molecular flexibility index (Phi) is 5.02. The van der Waals surface area contributed by atoms with Crippen LogP contribution in [0.2, 0.25) is 0 Å². The average Bonchev–Trinajstić information content (AvgIpc) is 2.26. The fourth-order valence-corrected chi connectivity index (χ4v) is 2.23. The van der Waals surface area contributed by atoms with Crippen molar-refractivity contribution in [1.82, 2.24) is 0 Å². The van der Waals surface area contributed by atoms with Crippen molar-refractivity contribution in [3.8, 4) is 0 Å². The molecule has 0 spiro atoms. The summed E-state index contributed by atoms with van der Waals surface area (Å²) < 4.78 is 1.06. The predicted molar refractivity (Wildman–Crippen MR) is 79.2 cm³/mol. The number of nitrogens with two attached hydrogens (primary N) is 1. The minimum atomic E-state index is -0.317. The third kappa shape index (κ3) is 4.22. The number of aryl methyl sites for hydroxylation is 1. The van der Waals surface area contributed by atoms with Crippen molar-refractivity contribution < 1.29 is 5.21 Å². The summed E-state index contributed by atoms with van der Waals surface area (Å²) >= 11 is 3.47. The molecular weight excluding hydrogens is 294 g/mol. The molecule has 4 nitrogen and oxygen atoms in total. The zero-order valence-corrected chi connectivity index (χ0v) is 12.6. The van der Waals surface area contributed by atoms with Crippen LogP contribution in [0.3, 0.4) is 0 Å². The topological polar surface area (TPSA) is 70.6 Å². The highest BCUT2D eigenvalue weighted by Crippen LogP contribution is 2.22. The van der Waals surface area contributed by atoms with Crippen molar-refractivity contribution in [2.45, 2.75) is 27.2 Å². The molecule has 1 aromatic carbocycles. The van der Waals surface area contributed by atoms with Gasteiger partial charge in [0.05, 0.1) is 0 Å². The van der Waals surface area contributed by atoms with Gasteiger partial charge < -0.3 is 16.3 Å². The number of halogens is 1. The van der Waals surface area contributed by atoms with Crippen molar-refractivity contribution in [3.63, 3.8) is 0 Å². The molecule has 0 saturated carbocycles. The number of nitrogens with zero attached hydrogens (tertiary/aromatic N) is 1. The number of hydrogen-bond donors (Lipinski definition) is 3. The summed E-state index contributed by atoms with van der Waals surface area (Å²) in [5.41, 5.74) is 7.59. The van der Waals surface area contributed by atoms with Crippen molar-refractivity contribution in [3.05, 3.63) is 28.2 Å². The fraction of sp³-hybridized carbons (Fsp3) is 0.462. The number of hydrogen-bond acceptors (Lipinski definition) is 3. The maximum Gasteiger partial charge on any atom is 0.144 e. The van der Waals surface area contributed by atoms with Crippen LogP contribution in [0, 0.1) is 12.3 Å². The maximum absolute atomic E-state index is 8.70. The molecule has 0 atom stereocenters. The quantitative estimate of drug-likeness (QED) is 0.338. The second-order valence-corrected chi connectivity index (χ2v) is 5.98. The smallest absolute Gasteiger partial charge is 0.144 e. The summed E-state index contributed by atoms with van der Waals surface area (Å²) in [4.78, 5) is 0. The number of anilines is 1. The van der Waals surface area contributed by atoms with Crippen LogP contribution in [-0.4, -0.2) is 17.6 Å². The van der Waals surface area contributed by atoms with Crippen LogP contribution in [0.1, 0.15) is 25.8 Å². The minimum absolute atomic E-state index is 0.259. The lowest BCUT2D eigenvalue weighted by atomic mass is 9.88. The molecule has 0 fully saturated rings. The Morgan fingerprint density at radius 2 is 2.11 bits per heavy atom. The highest BCUT2D eigenvalue weighted by atomic mass is 79.9. The van der Waals surface area contributed by atoms with Gasteiger partial charge in [-0.1, -0.05) is 34.9 Å². The van der Waals surface area contributed by atoms with Gasteiger partial charge in [-0.15, -0.1) is 0 Å². The Labute approximate surface area is 116 Å². The highest BCUT2D eigenvalue weighted by molar-refractivity contribution is 9.10. The van der Waals surface area contributed by atoms with Gasteiger partial charge in [0.15, 0.2) is 0 Å². The molecule has 0 amide bonds. The lowest BCUT2D eigenvalue weighted by Crippen LogP contribution is -2.33. The van der Waals surface area contributed by atoms with Gasteiger partial charge in [-0.3, -0.25) is 0 Å². The van der Waals surface area contributed by atoms with Crippen LogP contribution in [0.25, 0.3) is 0 Å². The maximum atomic E-state index is 8.70. The number of oxime groups is 1. The van der Waals surface area contributed by atoms with Gasteiger partial charge in [0.25, 0.3) is 0 Å². The van der Waals surface area contributed by atoms with E-state index in [1.54, 1.807) is 0 Å². The lowest BCUT2D eigenvalue weighted by molar-refractivity contribution is 0.306. The fourth-order valence-electron chi connectivity index (χ4n) is 1.62. The largest absolute Gasteiger partial charge is 0.409 e. The third-order valence-electron chi connectivity index (χ3n) is 2.92. The Balaban J connectivity index is 2.56. The van der Waals surface area contributed by atoms with E-state index in [0.29, 0.717) is 0 Å². The zero-order valence-electron chi connectivity index (χ0n) is 11.0. The van der Waals surface area contributed by atoms with Crippen LogP contribution in [0.5, 0.6) is 0 Å². The molecular formula is C13H20BrN3O. The first-order valence-corrected chi connectivity index (χ1v) is 6.63. The van der Waals surface area contributed by atoms with E-state index in [2.05, 4.69) is 45.5 Å². The zero-order chi connectivity index (χ0) is 13.8. The monoisotopic (exact) mass is 313 g/mol. The summed E-state index contributed by atoms with van der Waals surface area (Å²) in [5, 5.41) is 15.1. The third-order valence-corrected chi connectivity index (χ3v) is 3.38. The summed E-state index contributed by atoms with van der Waals surface area (Å²) in [6, 6.07) is 6.18. The first-order valence-electron chi connectivity index (χ1n) is 5.84. The molecule has 0 heterocycles. The van der Waals surface area contributed by atoms with Gasteiger partial charge in [-0.2, -0.15) is 0 Å². The Morgan fingerprint density at radius 3 is 2.67 bits per heavy atom. The summed E-state index contributed by atoms with van der Waals surface area (Å²) in [6.07, 6.45) is 0.786. The van der Waals surface area contributed by atoms with Crippen LogP contribution in [0.15, 0.2) is 27.8 Å². The van der Waals surface area contributed by atoms with E-state index in [1.807, 2.05) is 19.9 Å². The standard InChI is InChI=1S/C13H20BrN3O/c1-9-6-10(14)8-11(7-9)16-5-4-13(2,3)12(15)17-18/h6-8,16,18H,4-5H2,1-3H3,(H2,15,17). The normalized spacial score (nSPS) is 12.6. The van der Waals surface area contributed by atoms with Gasteiger partial charge in [0.2, 0.25) is 0 Å². The van der Waals surface area contributed by atoms with E-state index in [0.717, 1.165) is 23.1 Å². The molecule has 0 aromatic heterocycles. The van der Waals surface area contributed by atoms with Crippen LogP contribution in [-0.2, 0) is 0 Å². The second-order valence-electron chi connectivity index (χ2n) is 5.06. The molecule has 4 N–H and O–H groups in total. The van der Waals surface area contributed by atoms with Crippen molar-refractivity contribution >= 4 is 27.5 Å². The first kappa shape index (κ1) is 14.8. The van der Waals surface area contributed by atoms with Gasteiger partial charge in [0.1, 0.15) is 5.84 Å². The molecule has 0 unspecified atom stereocenters. The number of benzene rings is 1. The molecule has 18 heavy (non-hydrogen) atoms. The van der Waals surface area contributed by atoms with Gasteiger partial charge in [-0.05, 0) is 37.1 Å². The van der Waals surface area contributed by atoms with E-state index in [1.165, 1.54) is 5.56 Å². The second kappa shape index (κ2) is 6.09. The van der Waals surface area contributed by atoms with E-state index in [9.17, 15) is 0 Å². The minimum Gasteiger partial charge on any atom is -0.409 e. The Bertz CT molecular complexity index is 424. The molecule has 100 valence electrons. The number of nitrogens with one attached hydrogen (secondary N) is 1. The van der Waals surface area contributed by atoms with Crippen molar-refractivity contribution in [1.29, 1.82) is 0 Å². The molecule has 1 aromatic rings. The lowest BCUT2D eigenvalue weighted by Gasteiger charge is -2.23. The molecule has 0 aliphatic rings. The van der Waals surface area contributed by atoms with E-state index < -0.39 is 0 Å². The first-order chi connectivity index (χ1) is 8.35. The molecule has 0 radical (unpaired) electrons. The van der Waals surface area contributed by atoms with E-state index in [-0.39, 0.29) is 11.3 Å². The summed E-state index contributed by atoms with van der Waals surface area (Å²) in [6.45, 7) is 6.72. The molecule has 0 aliphatic carbocycles. The van der Waals surface area contributed by atoms with Gasteiger partial charge >= 0.3 is 0 Å². The molecule has 5 heteroatoms. The van der Waals surface area contributed by atoms with E-state index >= 15 is 0 Å². The molecule has 0 bridgehead atoms. The number of rotatable bonds is 5. The SMILES string of the molecule is Cc1cc(Br)cc(NCCC(C)(C)/C(N)=N/O)c1. The molecule has 0 aliphatic heterocycles. The van der Waals surface area contributed by atoms with E-state index in [4.69, 9.17) is 10.9 Å². The average molecular weight is 314 g/mol. The van der Waals surface area contributed by atoms with Crippen LogP contribution >= 0.6 is 15.9 Å².